The number of hydrogen-bond acceptors (Lipinski definition) is 5. The van der Waals surface area contributed by atoms with Crippen LogP contribution >= 0.6 is 0 Å². The Bertz CT molecular complexity index is 1400. The molecule has 0 radical (unpaired) electrons. The van der Waals surface area contributed by atoms with Crippen molar-refractivity contribution in [3.8, 4) is 5.75 Å². The van der Waals surface area contributed by atoms with Crippen LogP contribution in [0.1, 0.15) is 27.5 Å². The molecule has 0 saturated heterocycles. The zero-order chi connectivity index (χ0) is 22.8. The van der Waals surface area contributed by atoms with E-state index < -0.39 is 29.5 Å². The number of amides is 1. The predicted molar refractivity (Wildman–Crippen MR) is 107 cm³/mol. The Morgan fingerprint density at radius 1 is 1.28 bits per heavy atom. The molecule has 32 heavy (non-hydrogen) atoms. The highest BCUT2D eigenvalue weighted by molar-refractivity contribution is 6.02. The average molecular weight is 445 g/mol. The maximum atomic E-state index is 14.8. The largest absolute Gasteiger partial charge is 0.491 e. The molecular formula is C21H15F4N5O2. The van der Waals surface area contributed by atoms with Crippen LogP contribution in [0.2, 0.25) is 0 Å². The number of nitrogens with two attached hydrogens (primary N) is 1. The first kappa shape index (κ1) is 20.0. The third-order valence-electron chi connectivity index (χ3n) is 5.60. The highest BCUT2D eigenvalue weighted by atomic mass is 19.4. The minimum Gasteiger partial charge on any atom is -0.491 e. The number of aromatic nitrogens is 3. The molecule has 5 rings (SSSR count). The van der Waals surface area contributed by atoms with Crippen LogP contribution in [-0.2, 0) is 6.18 Å². The number of halogens is 4. The van der Waals surface area contributed by atoms with Crippen LogP contribution in [0, 0.1) is 5.82 Å². The number of benzene rings is 2. The van der Waals surface area contributed by atoms with Gasteiger partial charge < -0.3 is 15.4 Å². The van der Waals surface area contributed by atoms with Gasteiger partial charge in [0.25, 0.3) is 5.91 Å². The number of anilines is 1. The lowest BCUT2D eigenvalue weighted by molar-refractivity contribution is -0.137. The Hall–Kier alpha value is -3.89. The maximum absolute atomic E-state index is 14.8. The van der Waals surface area contributed by atoms with E-state index >= 15 is 0 Å². The smallest absolute Gasteiger partial charge is 0.416 e. The number of alkyl halides is 3. The number of nitrogen functional groups attached to an aromatic ring is 1. The zero-order valence-corrected chi connectivity index (χ0v) is 16.5. The molecule has 0 fully saturated rings. The molecule has 1 atom stereocenters. The molecule has 1 amide bonds. The standard InChI is InChI=1S/C21H15F4N5O2/c1-29(17-8-32-18-4-10(21(23,24)25)2-3-11(17)18)19(31)12-5-13-15(6-14(12)22)28-20(26)30-9-27-7-16(13)30/h2-7,9,17H,8H2,1H3,(H2,26,28)/t17-/m1/s1. The van der Waals surface area contributed by atoms with Gasteiger partial charge in [-0.05, 0) is 18.2 Å². The Kier molecular flexibility index (Phi) is 4.26. The number of ether oxygens (including phenoxy) is 1. The molecule has 0 saturated carbocycles. The van der Waals surface area contributed by atoms with Crippen LogP contribution in [0.5, 0.6) is 5.75 Å². The Labute approximate surface area is 178 Å². The number of carbonyl (C=O) groups is 1. The summed E-state index contributed by atoms with van der Waals surface area (Å²) in [5, 5.41) is 0.479. The Morgan fingerprint density at radius 3 is 2.81 bits per heavy atom. The summed E-state index contributed by atoms with van der Waals surface area (Å²) in [6.07, 6.45) is -1.53. The molecule has 4 aromatic rings. The monoisotopic (exact) mass is 445 g/mol. The van der Waals surface area contributed by atoms with Crippen LogP contribution in [0.25, 0.3) is 16.4 Å². The fraction of sp³-hybridized carbons (Fsp3) is 0.190. The molecule has 0 bridgehead atoms. The molecule has 7 nitrogen and oxygen atoms in total. The van der Waals surface area contributed by atoms with Crippen molar-refractivity contribution in [2.24, 2.45) is 0 Å². The van der Waals surface area contributed by atoms with E-state index in [1.54, 1.807) is 0 Å². The molecule has 0 unspecified atom stereocenters. The summed E-state index contributed by atoms with van der Waals surface area (Å²) < 4.78 is 60.6. The second-order valence-corrected chi connectivity index (χ2v) is 7.46. The topological polar surface area (TPSA) is 85.8 Å². The molecule has 2 N–H and O–H groups in total. The zero-order valence-electron chi connectivity index (χ0n) is 16.5. The summed E-state index contributed by atoms with van der Waals surface area (Å²) in [4.78, 5) is 22.6. The van der Waals surface area contributed by atoms with Crippen molar-refractivity contribution in [1.82, 2.24) is 19.3 Å². The van der Waals surface area contributed by atoms with E-state index in [0.717, 1.165) is 18.2 Å². The summed E-state index contributed by atoms with van der Waals surface area (Å²) >= 11 is 0. The fourth-order valence-corrected chi connectivity index (χ4v) is 3.90. The second-order valence-electron chi connectivity index (χ2n) is 7.46. The molecule has 11 heteroatoms. The second kappa shape index (κ2) is 6.81. The van der Waals surface area contributed by atoms with Gasteiger partial charge in [-0.25, -0.2) is 14.4 Å². The summed E-state index contributed by atoms with van der Waals surface area (Å²) in [6, 6.07) is 4.93. The summed E-state index contributed by atoms with van der Waals surface area (Å²) in [6.45, 7) is -0.0426. The SMILES string of the molecule is CN(C(=O)c1cc2c(cc1F)nc(N)n1cncc21)[C@@H]1COc2cc(C(F)(F)F)ccc21. The van der Waals surface area contributed by atoms with Gasteiger partial charge in [0, 0.05) is 24.1 Å². The lowest BCUT2D eigenvalue weighted by atomic mass is 10.0. The normalized spacial score (nSPS) is 15.7. The first-order chi connectivity index (χ1) is 15.1. The van der Waals surface area contributed by atoms with Crippen molar-refractivity contribution >= 4 is 28.3 Å². The highest BCUT2D eigenvalue weighted by Gasteiger charge is 2.36. The summed E-state index contributed by atoms with van der Waals surface area (Å²) in [5.74, 6) is -1.28. The van der Waals surface area contributed by atoms with Crippen LogP contribution in [0.3, 0.4) is 0 Å². The number of carbonyl (C=O) groups excluding carboxylic acids is 1. The van der Waals surface area contributed by atoms with E-state index in [2.05, 4.69) is 9.97 Å². The molecule has 1 aliphatic heterocycles. The molecule has 0 spiro atoms. The van der Waals surface area contributed by atoms with Crippen LogP contribution < -0.4 is 10.5 Å². The number of imidazole rings is 1. The highest BCUT2D eigenvalue weighted by Crippen LogP contribution is 2.40. The number of nitrogens with zero attached hydrogens (tertiary/aromatic N) is 4. The lowest BCUT2D eigenvalue weighted by Gasteiger charge is -2.24. The fourth-order valence-electron chi connectivity index (χ4n) is 3.90. The van der Waals surface area contributed by atoms with Gasteiger partial charge in [0.2, 0.25) is 5.95 Å². The van der Waals surface area contributed by atoms with Crippen LogP contribution in [0.4, 0.5) is 23.5 Å². The summed E-state index contributed by atoms with van der Waals surface area (Å²) in [5.41, 5.74) is 6.04. The Balaban J connectivity index is 1.53. The molecule has 2 aromatic heterocycles. The van der Waals surface area contributed by atoms with Gasteiger partial charge in [-0.3, -0.25) is 9.20 Å². The van der Waals surface area contributed by atoms with Crippen molar-refractivity contribution in [3.05, 3.63) is 65.4 Å². The van der Waals surface area contributed by atoms with Crippen molar-refractivity contribution in [2.45, 2.75) is 12.2 Å². The molecule has 164 valence electrons. The molecule has 1 aliphatic rings. The number of fused-ring (bicyclic) bond motifs is 4. The van der Waals surface area contributed by atoms with Gasteiger partial charge in [-0.15, -0.1) is 0 Å². The van der Waals surface area contributed by atoms with E-state index in [-0.39, 0.29) is 29.4 Å². The molecule has 3 heterocycles. The van der Waals surface area contributed by atoms with Crippen molar-refractivity contribution < 1.29 is 27.1 Å². The van der Waals surface area contributed by atoms with E-state index in [0.29, 0.717) is 16.5 Å². The van der Waals surface area contributed by atoms with E-state index in [1.165, 1.54) is 41.0 Å². The van der Waals surface area contributed by atoms with Gasteiger partial charge in [0.1, 0.15) is 24.5 Å². The van der Waals surface area contributed by atoms with Crippen molar-refractivity contribution in [1.29, 1.82) is 0 Å². The number of rotatable bonds is 2. The van der Waals surface area contributed by atoms with Gasteiger partial charge in [-0.1, -0.05) is 6.07 Å². The third kappa shape index (κ3) is 3.00. The van der Waals surface area contributed by atoms with Gasteiger partial charge >= 0.3 is 6.18 Å². The maximum Gasteiger partial charge on any atom is 0.416 e. The van der Waals surface area contributed by atoms with Gasteiger partial charge in [0.15, 0.2) is 0 Å². The first-order valence-corrected chi connectivity index (χ1v) is 9.47. The minimum atomic E-state index is -4.51. The van der Waals surface area contributed by atoms with E-state index in [4.69, 9.17) is 10.5 Å². The number of likely N-dealkylation sites (N-methyl/N-ethyl adjacent to an activating group) is 1. The van der Waals surface area contributed by atoms with Crippen molar-refractivity contribution in [3.63, 3.8) is 0 Å². The Morgan fingerprint density at radius 2 is 2.06 bits per heavy atom. The van der Waals surface area contributed by atoms with E-state index in [9.17, 15) is 22.4 Å². The first-order valence-electron chi connectivity index (χ1n) is 9.47. The van der Waals surface area contributed by atoms with E-state index in [1.807, 2.05) is 0 Å². The third-order valence-corrected chi connectivity index (χ3v) is 5.60. The average Bonchev–Trinajstić information content (AvgIpc) is 3.39. The number of hydrogen-bond donors (Lipinski definition) is 1. The van der Waals surface area contributed by atoms with Crippen LogP contribution in [0.15, 0.2) is 42.9 Å². The molecule has 2 aromatic carbocycles. The van der Waals surface area contributed by atoms with Crippen LogP contribution in [-0.4, -0.2) is 38.8 Å². The molecular weight excluding hydrogens is 430 g/mol. The predicted octanol–water partition coefficient (Wildman–Crippen LogP) is 3.83. The lowest BCUT2D eigenvalue weighted by Crippen LogP contribution is -2.32. The van der Waals surface area contributed by atoms with Gasteiger partial charge in [0.05, 0.1) is 34.4 Å². The summed E-state index contributed by atoms with van der Waals surface area (Å²) in [7, 11) is 1.45. The van der Waals surface area contributed by atoms with Crippen molar-refractivity contribution in [2.75, 3.05) is 19.4 Å². The molecule has 0 aliphatic carbocycles. The quantitative estimate of drug-likeness (QED) is 0.474. The van der Waals surface area contributed by atoms with Gasteiger partial charge in [-0.2, -0.15) is 13.2 Å². The minimum absolute atomic E-state index is 0.0426.